The molecule has 0 aromatic heterocycles. The maximum absolute atomic E-state index is 12.2. The van der Waals surface area contributed by atoms with Crippen molar-refractivity contribution in [3.05, 3.63) is 0 Å². The summed E-state index contributed by atoms with van der Waals surface area (Å²) in [7, 11) is 0. The molecule has 1 aliphatic heterocycles. The van der Waals surface area contributed by atoms with E-state index >= 15 is 0 Å². The summed E-state index contributed by atoms with van der Waals surface area (Å²) in [5.41, 5.74) is -0.871. The first kappa shape index (κ1) is 16.1. The van der Waals surface area contributed by atoms with E-state index < -0.39 is 11.4 Å². The van der Waals surface area contributed by atoms with Gasteiger partial charge in [0.05, 0.1) is 5.41 Å². The van der Waals surface area contributed by atoms with Gasteiger partial charge in [0.15, 0.2) is 0 Å². The van der Waals surface area contributed by atoms with E-state index in [2.05, 4.69) is 5.32 Å². The average molecular weight is 298 g/mol. The van der Waals surface area contributed by atoms with Crippen molar-refractivity contribution >= 4 is 12.0 Å². The molecule has 2 fully saturated rings. The zero-order valence-corrected chi connectivity index (χ0v) is 12.8. The molecule has 0 bridgehead atoms. The highest BCUT2D eigenvalue weighted by Crippen LogP contribution is 2.30. The van der Waals surface area contributed by atoms with Crippen LogP contribution in [-0.4, -0.2) is 54.9 Å². The van der Waals surface area contributed by atoms with Gasteiger partial charge in [-0.15, -0.1) is 0 Å². The number of ether oxygens (including phenoxy) is 1. The molecule has 0 atom stereocenters. The molecule has 6 heteroatoms. The zero-order valence-electron chi connectivity index (χ0n) is 12.8. The van der Waals surface area contributed by atoms with Crippen LogP contribution in [-0.2, 0) is 9.53 Å². The SMILES string of the molecule is CCN(CC1CCC1)C(=O)NCC1(C(=O)O)CCOCC1. The number of carbonyl (C=O) groups is 2. The molecule has 0 aromatic carbocycles. The van der Waals surface area contributed by atoms with Crippen LogP contribution in [0.4, 0.5) is 4.79 Å². The van der Waals surface area contributed by atoms with Gasteiger partial charge in [-0.05, 0) is 38.5 Å². The number of amides is 2. The van der Waals surface area contributed by atoms with Crippen LogP contribution in [0.3, 0.4) is 0 Å². The highest BCUT2D eigenvalue weighted by Gasteiger charge is 2.40. The van der Waals surface area contributed by atoms with Crippen LogP contribution >= 0.6 is 0 Å². The van der Waals surface area contributed by atoms with Gasteiger partial charge in [-0.1, -0.05) is 6.42 Å². The molecule has 2 aliphatic rings. The van der Waals surface area contributed by atoms with E-state index in [9.17, 15) is 14.7 Å². The molecule has 2 rings (SSSR count). The number of nitrogens with zero attached hydrogens (tertiary/aromatic N) is 1. The Hall–Kier alpha value is -1.30. The summed E-state index contributed by atoms with van der Waals surface area (Å²) < 4.78 is 5.24. The van der Waals surface area contributed by atoms with Gasteiger partial charge < -0.3 is 20.1 Å². The van der Waals surface area contributed by atoms with Crippen molar-refractivity contribution in [1.29, 1.82) is 0 Å². The number of carboxylic acids is 1. The molecule has 1 aliphatic carbocycles. The van der Waals surface area contributed by atoms with Crippen molar-refractivity contribution in [1.82, 2.24) is 10.2 Å². The Bertz CT molecular complexity index is 376. The van der Waals surface area contributed by atoms with Crippen molar-refractivity contribution in [3.8, 4) is 0 Å². The third kappa shape index (κ3) is 3.87. The van der Waals surface area contributed by atoms with Crippen LogP contribution in [0, 0.1) is 11.3 Å². The summed E-state index contributed by atoms with van der Waals surface area (Å²) in [5, 5.41) is 12.3. The first-order valence-corrected chi connectivity index (χ1v) is 7.91. The topological polar surface area (TPSA) is 78.9 Å². The standard InChI is InChI=1S/C15H26N2O4/c1-2-17(10-12-4-3-5-12)14(20)16-11-15(13(18)19)6-8-21-9-7-15/h12H,2-11H2,1H3,(H,16,20)(H,18,19). The van der Waals surface area contributed by atoms with E-state index in [0.29, 0.717) is 38.5 Å². The van der Waals surface area contributed by atoms with E-state index in [1.165, 1.54) is 19.3 Å². The number of carboxylic acid groups (broad SMARTS) is 1. The summed E-state index contributed by atoms with van der Waals surface area (Å²) >= 11 is 0. The highest BCUT2D eigenvalue weighted by atomic mass is 16.5. The number of urea groups is 1. The maximum atomic E-state index is 12.2. The molecule has 2 N–H and O–H groups in total. The first-order chi connectivity index (χ1) is 10.1. The smallest absolute Gasteiger partial charge is 0.317 e. The molecule has 1 heterocycles. The summed E-state index contributed by atoms with van der Waals surface area (Å²) in [6, 6.07) is -0.142. The average Bonchev–Trinajstić information content (AvgIpc) is 2.45. The number of aliphatic carboxylic acids is 1. The molecule has 0 radical (unpaired) electrons. The lowest BCUT2D eigenvalue weighted by molar-refractivity contribution is -0.154. The van der Waals surface area contributed by atoms with Gasteiger partial charge in [-0.25, -0.2) is 4.79 Å². The molecule has 1 saturated heterocycles. The summed E-state index contributed by atoms with van der Waals surface area (Å²) in [4.78, 5) is 25.6. The molecule has 0 aromatic rings. The second-order valence-corrected chi connectivity index (χ2v) is 6.19. The Labute approximate surface area is 125 Å². The maximum Gasteiger partial charge on any atom is 0.317 e. The number of rotatable bonds is 6. The third-order valence-corrected chi connectivity index (χ3v) is 4.85. The van der Waals surface area contributed by atoms with Gasteiger partial charge in [0, 0.05) is 32.8 Å². The second kappa shape index (κ2) is 7.11. The summed E-state index contributed by atoms with van der Waals surface area (Å²) in [6.45, 7) is 4.48. The van der Waals surface area contributed by atoms with Crippen LogP contribution in [0.1, 0.15) is 39.0 Å². The fourth-order valence-electron chi connectivity index (χ4n) is 2.93. The molecule has 21 heavy (non-hydrogen) atoms. The van der Waals surface area contributed by atoms with Crippen LogP contribution in [0.15, 0.2) is 0 Å². The van der Waals surface area contributed by atoms with Crippen molar-refractivity contribution < 1.29 is 19.4 Å². The molecular weight excluding hydrogens is 272 g/mol. The Morgan fingerprint density at radius 1 is 1.33 bits per heavy atom. The van der Waals surface area contributed by atoms with E-state index in [1.807, 2.05) is 6.92 Å². The van der Waals surface area contributed by atoms with E-state index in [4.69, 9.17) is 4.74 Å². The summed E-state index contributed by atoms with van der Waals surface area (Å²) in [6.07, 6.45) is 4.56. The number of hydrogen-bond acceptors (Lipinski definition) is 3. The molecule has 1 saturated carbocycles. The minimum atomic E-state index is -0.871. The van der Waals surface area contributed by atoms with Crippen molar-refractivity contribution in [2.75, 3.05) is 32.8 Å². The molecule has 0 unspecified atom stereocenters. The normalized spacial score (nSPS) is 21.4. The zero-order chi connectivity index (χ0) is 15.3. The molecule has 2 amide bonds. The lowest BCUT2D eigenvalue weighted by atomic mass is 9.80. The largest absolute Gasteiger partial charge is 0.481 e. The Kier molecular flexibility index (Phi) is 5.45. The van der Waals surface area contributed by atoms with Gasteiger partial charge >= 0.3 is 12.0 Å². The number of hydrogen-bond donors (Lipinski definition) is 2. The molecule has 120 valence electrons. The van der Waals surface area contributed by atoms with Crippen LogP contribution in [0.2, 0.25) is 0 Å². The fraction of sp³-hybridized carbons (Fsp3) is 0.867. The van der Waals surface area contributed by atoms with Crippen molar-refractivity contribution in [3.63, 3.8) is 0 Å². The predicted molar refractivity (Wildman–Crippen MR) is 78.1 cm³/mol. The molecule has 6 nitrogen and oxygen atoms in total. The van der Waals surface area contributed by atoms with Gasteiger partial charge in [-0.2, -0.15) is 0 Å². The minimum absolute atomic E-state index is 0.142. The Balaban J connectivity index is 1.86. The predicted octanol–water partition coefficient (Wildman–Crippen LogP) is 1.70. The lowest BCUT2D eigenvalue weighted by Crippen LogP contribution is -2.50. The molecular formula is C15H26N2O4. The van der Waals surface area contributed by atoms with E-state index in [1.54, 1.807) is 4.90 Å². The Morgan fingerprint density at radius 2 is 2.00 bits per heavy atom. The lowest BCUT2D eigenvalue weighted by Gasteiger charge is -2.35. The third-order valence-electron chi connectivity index (χ3n) is 4.85. The van der Waals surface area contributed by atoms with E-state index in [-0.39, 0.29) is 12.6 Å². The highest BCUT2D eigenvalue weighted by molar-refractivity contribution is 5.78. The number of nitrogens with one attached hydrogen (secondary N) is 1. The Morgan fingerprint density at radius 3 is 2.48 bits per heavy atom. The number of carbonyl (C=O) groups excluding carboxylic acids is 1. The monoisotopic (exact) mass is 298 g/mol. The first-order valence-electron chi connectivity index (χ1n) is 7.91. The van der Waals surface area contributed by atoms with Gasteiger partial charge in [0.2, 0.25) is 0 Å². The van der Waals surface area contributed by atoms with Crippen LogP contribution in [0.25, 0.3) is 0 Å². The van der Waals surface area contributed by atoms with Gasteiger partial charge in [0.25, 0.3) is 0 Å². The van der Waals surface area contributed by atoms with Crippen LogP contribution < -0.4 is 5.32 Å². The fourth-order valence-corrected chi connectivity index (χ4v) is 2.93. The second-order valence-electron chi connectivity index (χ2n) is 6.19. The summed E-state index contributed by atoms with van der Waals surface area (Å²) in [5.74, 6) is -0.222. The van der Waals surface area contributed by atoms with Crippen LogP contribution in [0.5, 0.6) is 0 Å². The quantitative estimate of drug-likeness (QED) is 0.782. The minimum Gasteiger partial charge on any atom is -0.481 e. The van der Waals surface area contributed by atoms with E-state index in [0.717, 1.165) is 6.54 Å². The van der Waals surface area contributed by atoms with Gasteiger partial charge in [0.1, 0.15) is 0 Å². The van der Waals surface area contributed by atoms with Gasteiger partial charge in [-0.3, -0.25) is 4.79 Å². The van der Waals surface area contributed by atoms with Crippen molar-refractivity contribution in [2.24, 2.45) is 11.3 Å². The van der Waals surface area contributed by atoms with Crippen molar-refractivity contribution in [2.45, 2.75) is 39.0 Å². The molecule has 0 spiro atoms.